The summed E-state index contributed by atoms with van der Waals surface area (Å²) in [5.74, 6) is 1.03. The Morgan fingerprint density at radius 3 is 3.06 bits per heavy atom. The van der Waals surface area contributed by atoms with E-state index in [1.54, 1.807) is 6.07 Å². The number of ether oxygens (including phenoxy) is 1. The lowest BCUT2D eigenvalue weighted by Crippen LogP contribution is -2.09. The number of hydrogen-bond acceptors (Lipinski definition) is 4. The molecule has 0 aliphatic rings. The second-order valence-corrected chi connectivity index (χ2v) is 4.46. The molecule has 3 rings (SSSR count). The van der Waals surface area contributed by atoms with Crippen molar-refractivity contribution in [1.82, 2.24) is 19.6 Å². The van der Waals surface area contributed by atoms with Gasteiger partial charge in [0.2, 0.25) is 5.88 Å². The Morgan fingerprint density at radius 2 is 2.22 bits per heavy atom. The van der Waals surface area contributed by atoms with E-state index >= 15 is 0 Å². The molecule has 7 heteroatoms. The lowest BCUT2D eigenvalue weighted by molar-refractivity contribution is 0.461. The number of fused-ring (bicyclic) bond motifs is 1. The first-order chi connectivity index (χ1) is 8.72. The average Bonchev–Trinajstić information content (AvgIpc) is 2.71. The zero-order valence-electron chi connectivity index (χ0n) is 9.00. The van der Waals surface area contributed by atoms with Crippen LogP contribution in [0.1, 0.15) is 0 Å². The van der Waals surface area contributed by atoms with E-state index in [1.165, 1.54) is 10.7 Å². The molecule has 0 aliphatic heterocycles. The fourth-order valence-corrected chi connectivity index (χ4v) is 1.88. The lowest BCUT2D eigenvalue weighted by Gasteiger charge is -2.04. The predicted molar refractivity (Wildman–Crippen MR) is 67.8 cm³/mol. The minimum Gasteiger partial charge on any atom is -0.439 e. The van der Waals surface area contributed by atoms with Gasteiger partial charge in [-0.2, -0.15) is 5.10 Å². The second kappa shape index (κ2) is 4.26. The zero-order valence-corrected chi connectivity index (χ0v) is 10.6. The van der Waals surface area contributed by atoms with E-state index in [0.29, 0.717) is 17.3 Å². The third kappa shape index (κ3) is 2.00. The van der Waals surface area contributed by atoms with E-state index in [0.717, 1.165) is 4.47 Å². The highest BCUT2D eigenvalue weighted by Crippen LogP contribution is 2.22. The summed E-state index contributed by atoms with van der Waals surface area (Å²) in [6.07, 6.45) is 1.37. The molecule has 0 unspecified atom stereocenters. The summed E-state index contributed by atoms with van der Waals surface area (Å²) in [4.78, 5) is 15.3. The molecule has 90 valence electrons. The first kappa shape index (κ1) is 11.0. The summed E-state index contributed by atoms with van der Waals surface area (Å²) < 4.78 is 7.78. The molecular formula is C11H7BrN4O2. The number of aromatic nitrogens is 4. The van der Waals surface area contributed by atoms with Crippen LogP contribution in [0.5, 0.6) is 11.6 Å². The topological polar surface area (TPSA) is 72.3 Å². The van der Waals surface area contributed by atoms with Gasteiger partial charge in [-0.3, -0.25) is 0 Å². The van der Waals surface area contributed by atoms with Crippen molar-refractivity contribution in [2.24, 2.45) is 0 Å². The quantitative estimate of drug-likeness (QED) is 0.785. The molecule has 2 heterocycles. The van der Waals surface area contributed by atoms with Crippen LogP contribution in [0.2, 0.25) is 0 Å². The molecule has 2 aromatic heterocycles. The molecule has 0 amide bonds. The average molecular weight is 307 g/mol. The molecule has 18 heavy (non-hydrogen) atoms. The van der Waals surface area contributed by atoms with Crippen LogP contribution in [0.25, 0.3) is 5.65 Å². The van der Waals surface area contributed by atoms with Crippen molar-refractivity contribution in [3.05, 3.63) is 51.6 Å². The van der Waals surface area contributed by atoms with Crippen molar-refractivity contribution >= 4 is 21.6 Å². The van der Waals surface area contributed by atoms with Crippen molar-refractivity contribution in [3.63, 3.8) is 0 Å². The molecular weight excluding hydrogens is 300 g/mol. The van der Waals surface area contributed by atoms with Crippen LogP contribution in [-0.2, 0) is 0 Å². The van der Waals surface area contributed by atoms with Gasteiger partial charge in [-0.1, -0.05) is 22.0 Å². The molecule has 1 aromatic carbocycles. The zero-order chi connectivity index (χ0) is 12.5. The summed E-state index contributed by atoms with van der Waals surface area (Å²) >= 11 is 3.36. The fraction of sp³-hybridized carbons (Fsp3) is 0. The van der Waals surface area contributed by atoms with E-state index in [-0.39, 0.29) is 5.69 Å². The molecule has 0 bridgehead atoms. The Morgan fingerprint density at radius 1 is 1.33 bits per heavy atom. The molecule has 0 atom stereocenters. The minimum absolute atomic E-state index is 0.327. The van der Waals surface area contributed by atoms with Crippen LogP contribution < -0.4 is 10.4 Å². The van der Waals surface area contributed by atoms with E-state index in [2.05, 4.69) is 31.1 Å². The predicted octanol–water partition coefficient (Wildman–Crippen LogP) is 1.97. The first-order valence-corrected chi connectivity index (χ1v) is 5.88. The Balaban J connectivity index is 1.97. The standard InChI is InChI=1S/C11H7BrN4O2/c12-7-2-1-3-8(4-7)18-10-5-9-14-15-11(17)16(9)6-13-10/h1-6H,(H,15,17). The number of benzene rings is 1. The lowest BCUT2D eigenvalue weighted by atomic mass is 10.3. The summed E-state index contributed by atoms with van der Waals surface area (Å²) in [6, 6.07) is 8.97. The number of nitrogens with zero attached hydrogens (tertiary/aromatic N) is 3. The van der Waals surface area contributed by atoms with Gasteiger partial charge in [0.25, 0.3) is 0 Å². The van der Waals surface area contributed by atoms with E-state index in [1.807, 2.05) is 24.3 Å². The minimum atomic E-state index is -0.327. The molecule has 0 saturated heterocycles. The van der Waals surface area contributed by atoms with E-state index in [9.17, 15) is 4.79 Å². The molecule has 6 nitrogen and oxygen atoms in total. The molecule has 1 N–H and O–H groups in total. The van der Waals surface area contributed by atoms with Crippen LogP contribution in [0.15, 0.2) is 45.9 Å². The Labute approximate surface area is 109 Å². The Kier molecular flexibility index (Phi) is 2.60. The van der Waals surface area contributed by atoms with Crippen LogP contribution in [0, 0.1) is 0 Å². The summed E-state index contributed by atoms with van der Waals surface area (Å²) in [5.41, 5.74) is 0.131. The Hall–Kier alpha value is -2.15. The van der Waals surface area contributed by atoms with Crippen LogP contribution in [0.3, 0.4) is 0 Å². The normalized spacial score (nSPS) is 10.7. The van der Waals surface area contributed by atoms with Crippen molar-refractivity contribution in [1.29, 1.82) is 0 Å². The number of halogens is 1. The monoisotopic (exact) mass is 306 g/mol. The Bertz CT molecular complexity index is 765. The van der Waals surface area contributed by atoms with Gasteiger partial charge in [-0.15, -0.1) is 0 Å². The summed E-state index contributed by atoms with van der Waals surface area (Å²) in [6.45, 7) is 0. The number of aromatic amines is 1. The number of rotatable bonds is 2. The molecule has 0 spiro atoms. The van der Waals surface area contributed by atoms with Crippen molar-refractivity contribution in [2.75, 3.05) is 0 Å². The van der Waals surface area contributed by atoms with Gasteiger partial charge in [-0.25, -0.2) is 19.3 Å². The molecule has 0 radical (unpaired) electrons. The maximum Gasteiger partial charge on any atom is 0.348 e. The molecule has 0 aliphatic carbocycles. The van der Waals surface area contributed by atoms with Crippen molar-refractivity contribution in [2.45, 2.75) is 0 Å². The SMILES string of the molecule is O=c1[nH]nc2cc(Oc3cccc(Br)c3)ncn12. The van der Waals surface area contributed by atoms with Crippen LogP contribution >= 0.6 is 15.9 Å². The smallest absolute Gasteiger partial charge is 0.348 e. The number of nitrogens with one attached hydrogen (secondary N) is 1. The van der Waals surface area contributed by atoms with E-state index < -0.39 is 0 Å². The van der Waals surface area contributed by atoms with Gasteiger partial charge in [0, 0.05) is 10.5 Å². The highest BCUT2D eigenvalue weighted by atomic mass is 79.9. The highest BCUT2D eigenvalue weighted by molar-refractivity contribution is 9.10. The second-order valence-electron chi connectivity index (χ2n) is 3.54. The number of hydrogen-bond donors (Lipinski definition) is 1. The van der Waals surface area contributed by atoms with Gasteiger partial charge in [-0.05, 0) is 18.2 Å². The molecule has 3 aromatic rings. The van der Waals surface area contributed by atoms with E-state index in [4.69, 9.17) is 4.74 Å². The van der Waals surface area contributed by atoms with Gasteiger partial charge in [0.1, 0.15) is 12.1 Å². The molecule has 0 saturated carbocycles. The van der Waals surface area contributed by atoms with Crippen LogP contribution in [0.4, 0.5) is 0 Å². The largest absolute Gasteiger partial charge is 0.439 e. The van der Waals surface area contributed by atoms with Gasteiger partial charge < -0.3 is 4.74 Å². The fourth-order valence-electron chi connectivity index (χ4n) is 1.50. The summed E-state index contributed by atoms with van der Waals surface area (Å²) in [7, 11) is 0. The third-order valence-electron chi connectivity index (χ3n) is 2.30. The van der Waals surface area contributed by atoms with Gasteiger partial charge in [0.05, 0.1) is 0 Å². The van der Waals surface area contributed by atoms with Crippen molar-refractivity contribution in [3.8, 4) is 11.6 Å². The number of H-pyrrole nitrogens is 1. The van der Waals surface area contributed by atoms with Gasteiger partial charge in [0.15, 0.2) is 5.65 Å². The van der Waals surface area contributed by atoms with Crippen molar-refractivity contribution < 1.29 is 4.74 Å². The van der Waals surface area contributed by atoms with Crippen LogP contribution in [-0.4, -0.2) is 19.6 Å². The highest BCUT2D eigenvalue weighted by Gasteiger charge is 2.04. The maximum atomic E-state index is 11.3. The summed E-state index contributed by atoms with van der Waals surface area (Å²) in [5, 5.41) is 6.17. The van der Waals surface area contributed by atoms with Gasteiger partial charge >= 0.3 is 5.69 Å². The maximum absolute atomic E-state index is 11.3. The first-order valence-electron chi connectivity index (χ1n) is 5.08. The molecule has 0 fully saturated rings. The third-order valence-corrected chi connectivity index (χ3v) is 2.80.